The van der Waals surface area contributed by atoms with Crippen LogP contribution in [0.2, 0.25) is 0 Å². The SMILES string of the molecule is C1COCCN1.c1cnccn1.c1cocn1.c1cscn1. The fourth-order valence-corrected chi connectivity index (χ4v) is 1.47. The molecule has 1 N–H and O–H groups in total. The van der Waals surface area contributed by atoms with Gasteiger partial charge in [0, 0.05) is 49.5 Å². The molecule has 0 aliphatic carbocycles. The second-order valence-electron chi connectivity index (χ2n) is 3.61. The largest absolute Gasteiger partial charge is 0.452 e. The lowest BCUT2D eigenvalue weighted by Gasteiger charge is -2.10. The summed E-state index contributed by atoms with van der Waals surface area (Å²) in [5, 5.41) is 5.09. The van der Waals surface area contributed by atoms with Crippen LogP contribution in [0, 0.1) is 0 Å². The van der Waals surface area contributed by atoms with E-state index in [1.54, 1.807) is 54.0 Å². The van der Waals surface area contributed by atoms with E-state index in [0.717, 1.165) is 26.3 Å². The standard InChI is InChI=1S/C4H4N2.C4H9NO.C3H3NO.C3H3NS/c1-2-6-4-3-5-1;1-3-6-4-2-5-1;2*1-2-5-3-4-1/h1-4H;5H,1-4H2;2*1-3H. The number of hydrogen-bond acceptors (Lipinski definition) is 8. The Labute approximate surface area is 133 Å². The van der Waals surface area contributed by atoms with Crippen molar-refractivity contribution in [2.24, 2.45) is 0 Å². The molecule has 1 saturated heterocycles. The molecule has 4 rings (SSSR count). The molecular weight excluding hydrogens is 302 g/mol. The Morgan fingerprint density at radius 3 is 1.73 bits per heavy atom. The Bertz CT molecular complexity index is 390. The van der Waals surface area contributed by atoms with Crippen LogP contribution in [0.1, 0.15) is 0 Å². The van der Waals surface area contributed by atoms with Crippen LogP contribution >= 0.6 is 11.3 Å². The van der Waals surface area contributed by atoms with E-state index >= 15 is 0 Å². The van der Waals surface area contributed by atoms with Gasteiger partial charge in [0.15, 0.2) is 6.39 Å². The van der Waals surface area contributed by atoms with Gasteiger partial charge in [0.2, 0.25) is 0 Å². The lowest BCUT2D eigenvalue weighted by atomic mass is 10.5. The number of oxazole rings is 1. The molecular formula is C14H19N5O2S. The molecule has 4 heterocycles. The summed E-state index contributed by atoms with van der Waals surface area (Å²) in [7, 11) is 0. The first kappa shape index (κ1) is 17.9. The molecule has 7 nitrogen and oxygen atoms in total. The third-order valence-electron chi connectivity index (χ3n) is 2.02. The number of morpholine rings is 1. The summed E-state index contributed by atoms with van der Waals surface area (Å²) in [5.74, 6) is 0. The van der Waals surface area contributed by atoms with Crippen molar-refractivity contribution in [1.82, 2.24) is 25.3 Å². The van der Waals surface area contributed by atoms with E-state index in [1.165, 1.54) is 12.7 Å². The molecule has 1 aliphatic heterocycles. The van der Waals surface area contributed by atoms with E-state index in [4.69, 9.17) is 4.74 Å². The minimum absolute atomic E-state index is 0.889. The molecule has 118 valence electrons. The molecule has 0 amide bonds. The number of ether oxygens (including phenoxy) is 1. The fourth-order valence-electron chi connectivity index (χ4n) is 1.12. The minimum atomic E-state index is 0.889. The third-order valence-corrected chi connectivity index (χ3v) is 2.54. The van der Waals surface area contributed by atoms with Gasteiger partial charge in [0.25, 0.3) is 0 Å². The highest BCUT2D eigenvalue weighted by Gasteiger charge is 1.92. The predicted molar refractivity (Wildman–Crippen MR) is 84.3 cm³/mol. The molecule has 22 heavy (non-hydrogen) atoms. The number of hydrogen-bond donors (Lipinski definition) is 1. The second-order valence-corrected chi connectivity index (χ2v) is 4.36. The van der Waals surface area contributed by atoms with Gasteiger partial charge in [-0.05, 0) is 0 Å². The van der Waals surface area contributed by atoms with Gasteiger partial charge >= 0.3 is 0 Å². The summed E-state index contributed by atoms with van der Waals surface area (Å²) < 4.78 is 9.48. The van der Waals surface area contributed by atoms with Gasteiger partial charge in [0.1, 0.15) is 6.26 Å². The first-order chi connectivity index (χ1) is 11.0. The van der Waals surface area contributed by atoms with Gasteiger partial charge in [-0.1, -0.05) is 0 Å². The van der Waals surface area contributed by atoms with Crippen molar-refractivity contribution in [3.63, 3.8) is 0 Å². The zero-order valence-corrected chi connectivity index (χ0v) is 12.9. The molecule has 1 fully saturated rings. The topological polar surface area (TPSA) is 86.0 Å². The summed E-state index contributed by atoms with van der Waals surface area (Å²) in [4.78, 5) is 14.7. The lowest BCUT2D eigenvalue weighted by Crippen LogP contribution is -2.30. The second kappa shape index (κ2) is 15.2. The van der Waals surface area contributed by atoms with Crippen LogP contribution in [0.15, 0.2) is 65.1 Å². The van der Waals surface area contributed by atoms with Crippen molar-refractivity contribution in [2.45, 2.75) is 0 Å². The third kappa shape index (κ3) is 12.9. The summed E-state index contributed by atoms with van der Waals surface area (Å²) in [6.07, 6.45) is 12.8. The lowest BCUT2D eigenvalue weighted by molar-refractivity contribution is 0.109. The number of nitrogens with one attached hydrogen (secondary N) is 1. The van der Waals surface area contributed by atoms with Crippen LogP contribution in [0.25, 0.3) is 0 Å². The normalized spacial score (nSPS) is 12.4. The van der Waals surface area contributed by atoms with Gasteiger partial charge in [-0.2, -0.15) is 0 Å². The molecule has 0 atom stereocenters. The molecule has 0 aromatic carbocycles. The van der Waals surface area contributed by atoms with Crippen LogP contribution in [-0.4, -0.2) is 46.2 Å². The van der Waals surface area contributed by atoms with E-state index in [2.05, 4.69) is 29.7 Å². The quantitative estimate of drug-likeness (QED) is 0.676. The van der Waals surface area contributed by atoms with E-state index in [0.29, 0.717) is 0 Å². The van der Waals surface area contributed by atoms with E-state index in [1.807, 2.05) is 5.38 Å². The maximum Gasteiger partial charge on any atom is 0.180 e. The van der Waals surface area contributed by atoms with Crippen LogP contribution in [0.3, 0.4) is 0 Å². The summed E-state index contributed by atoms with van der Waals surface area (Å²) in [5.41, 5.74) is 1.79. The highest BCUT2D eigenvalue weighted by Crippen LogP contribution is 1.85. The van der Waals surface area contributed by atoms with E-state index in [-0.39, 0.29) is 0 Å². The van der Waals surface area contributed by atoms with E-state index in [9.17, 15) is 0 Å². The molecule has 0 saturated carbocycles. The maximum absolute atomic E-state index is 5.01. The highest BCUT2D eigenvalue weighted by molar-refractivity contribution is 7.07. The molecule has 3 aromatic heterocycles. The minimum Gasteiger partial charge on any atom is -0.452 e. The molecule has 0 spiro atoms. The van der Waals surface area contributed by atoms with Crippen molar-refractivity contribution in [1.29, 1.82) is 0 Å². The molecule has 0 unspecified atom stereocenters. The van der Waals surface area contributed by atoms with Crippen LogP contribution in [-0.2, 0) is 4.74 Å². The Hall–Kier alpha value is -2.16. The smallest absolute Gasteiger partial charge is 0.180 e. The number of nitrogens with zero attached hydrogens (tertiary/aromatic N) is 4. The van der Waals surface area contributed by atoms with Gasteiger partial charge in [-0.3, -0.25) is 15.0 Å². The fraction of sp³-hybridized carbons (Fsp3) is 0.286. The zero-order valence-electron chi connectivity index (χ0n) is 12.1. The monoisotopic (exact) mass is 321 g/mol. The van der Waals surface area contributed by atoms with Crippen molar-refractivity contribution in [3.8, 4) is 0 Å². The van der Waals surface area contributed by atoms with E-state index < -0.39 is 0 Å². The molecule has 0 radical (unpaired) electrons. The number of thiazole rings is 1. The van der Waals surface area contributed by atoms with Crippen molar-refractivity contribution >= 4 is 11.3 Å². The Morgan fingerprint density at radius 1 is 0.818 bits per heavy atom. The van der Waals surface area contributed by atoms with Crippen molar-refractivity contribution in [3.05, 3.63) is 60.7 Å². The highest BCUT2D eigenvalue weighted by atomic mass is 32.1. The van der Waals surface area contributed by atoms with Crippen LogP contribution in [0.5, 0.6) is 0 Å². The first-order valence-electron chi connectivity index (χ1n) is 6.63. The maximum atomic E-state index is 5.01. The van der Waals surface area contributed by atoms with Gasteiger partial charge in [-0.15, -0.1) is 11.3 Å². The Morgan fingerprint density at radius 2 is 1.55 bits per heavy atom. The Kier molecular flexibility index (Phi) is 12.4. The van der Waals surface area contributed by atoms with Crippen molar-refractivity contribution in [2.75, 3.05) is 26.3 Å². The number of aromatic nitrogens is 4. The van der Waals surface area contributed by atoms with Crippen LogP contribution < -0.4 is 5.32 Å². The first-order valence-corrected chi connectivity index (χ1v) is 7.57. The summed E-state index contributed by atoms with van der Waals surface area (Å²) in [6.45, 7) is 3.83. The van der Waals surface area contributed by atoms with Crippen LogP contribution in [0.4, 0.5) is 0 Å². The zero-order chi connectivity index (χ0) is 15.6. The molecule has 8 heteroatoms. The average molecular weight is 321 g/mol. The number of rotatable bonds is 0. The average Bonchev–Trinajstić information content (AvgIpc) is 3.37. The predicted octanol–water partition coefficient (Wildman–Crippen LogP) is 1.90. The van der Waals surface area contributed by atoms with Gasteiger partial charge < -0.3 is 14.5 Å². The Balaban J connectivity index is 0.000000147. The van der Waals surface area contributed by atoms with Crippen molar-refractivity contribution < 1.29 is 9.15 Å². The molecule has 1 aliphatic rings. The molecule has 0 bridgehead atoms. The van der Waals surface area contributed by atoms with Gasteiger partial charge in [0.05, 0.1) is 24.9 Å². The van der Waals surface area contributed by atoms with Gasteiger partial charge in [-0.25, -0.2) is 4.98 Å². The molecule has 3 aromatic rings. The summed E-state index contributed by atoms with van der Waals surface area (Å²) >= 11 is 1.60. The summed E-state index contributed by atoms with van der Waals surface area (Å²) in [6, 6.07) is 0.